The summed E-state index contributed by atoms with van der Waals surface area (Å²) in [5, 5.41) is 0.506. The van der Waals surface area contributed by atoms with E-state index in [1.165, 1.54) is 0 Å². The lowest BCUT2D eigenvalue weighted by Gasteiger charge is -2.30. The third kappa shape index (κ3) is 1.49. The predicted molar refractivity (Wildman–Crippen MR) is 62.9 cm³/mol. The van der Waals surface area contributed by atoms with Gasteiger partial charge in [-0.3, -0.25) is 0 Å². The maximum absolute atomic E-state index is 13.3. The molecule has 3 rings (SSSR count). The molecule has 0 amide bonds. The molecular weight excluding hydrogens is 225 g/mol. The molecule has 0 fully saturated rings. The Balaban J connectivity index is 2.15. The number of allylic oxidation sites excluding steroid dienone is 3. The minimum Gasteiger partial charge on any atom is -0.244 e. The van der Waals surface area contributed by atoms with Gasteiger partial charge in [0.15, 0.2) is 0 Å². The summed E-state index contributed by atoms with van der Waals surface area (Å²) in [6.45, 7) is 0. The van der Waals surface area contributed by atoms with Gasteiger partial charge in [0.1, 0.15) is 5.15 Å². The van der Waals surface area contributed by atoms with E-state index in [1.54, 1.807) is 12.3 Å². The number of pyridine rings is 1. The summed E-state index contributed by atoms with van der Waals surface area (Å²) in [6.07, 6.45) is 9.00. The fourth-order valence-corrected chi connectivity index (χ4v) is 2.79. The lowest BCUT2D eigenvalue weighted by Crippen LogP contribution is -2.17. The fourth-order valence-electron chi connectivity index (χ4n) is 2.56. The van der Waals surface area contributed by atoms with Crippen molar-refractivity contribution in [3.63, 3.8) is 0 Å². The van der Waals surface area contributed by atoms with Gasteiger partial charge in [-0.15, -0.1) is 0 Å². The fraction of sp³-hybridized carbons (Fsp3) is 0.308. The van der Waals surface area contributed by atoms with E-state index in [2.05, 4.69) is 11.1 Å². The molecule has 2 aliphatic rings. The number of fused-ring (bicyclic) bond motifs is 3. The van der Waals surface area contributed by atoms with Crippen molar-refractivity contribution in [3.8, 4) is 0 Å². The first-order valence-corrected chi connectivity index (χ1v) is 5.82. The Hall–Kier alpha value is -1.15. The summed E-state index contributed by atoms with van der Waals surface area (Å²) in [7, 11) is 0. The van der Waals surface area contributed by atoms with Gasteiger partial charge in [0.05, 0.1) is 5.83 Å². The average Bonchev–Trinajstić information content (AvgIpc) is 2.29. The number of hydrogen-bond acceptors (Lipinski definition) is 1. The van der Waals surface area contributed by atoms with Crippen molar-refractivity contribution in [3.05, 3.63) is 46.5 Å². The highest BCUT2D eigenvalue weighted by Gasteiger charge is 2.29. The first-order chi connectivity index (χ1) is 7.75. The van der Waals surface area contributed by atoms with Crippen molar-refractivity contribution in [2.45, 2.75) is 18.8 Å². The molecule has 1 aromatic heterocycles. The van der Waals surface area contributed by atoms with Crippen LogP contribution in [0.4, 0.5) is 4.39 Å². The zero-order chi connectivity index (χ0) is 11.1. The highest BCUT2D eigenvalue weighted by molar-refractivity contribution is 6.31. The normalized spacial score (nSPS) is 27.0. The van der Waals surface area contributed by atoms with Crippen LogP contribution in [0.1, 0.15) is 29.9 Å². The molecule has 2 atom stereocenters. The summed E-state index contributed by atoms with van der Waals surface area (Å²) < 4.78 is 13.3. The van der Waals surface area contributed by atoms with Gasteiger partial charge in [0.2, 0.25) is 0 Å². The quantitative estimate of drug-likeness (QED) is 0.617. The lowest BCUT2D eigenvalue weighted by molar-refractivity contribution is 0.443. The molecule has 16 heavy (non-hydrogen) atoms. The van der Waals surface area contributed by atoms with Gasteiger partial charge >= 0.3 is 0 Å². The van der Waals surface area contributed by atoms with Crippen LogP contribution in [0.15, 0.2) is 30.2 Å². The first kappa shape index (κ1) is 10.0. The van der Waals surface area contributed by atoms with Gasteiger partial charge in [0, 0.05) is 17.7 Å². The van der Waals surface area contributed by atoms with Gasteiger partial charge in [-0.05, 0) is 36.5 Å². The Kier molecular flexibility index (Phi) is 2.32. The Morgan fingerprint density at radius 3 is 3.19 bits per heavy atom. The maximum Gasteiger partial charge on any atom is 0.136 e. The third-order valence-electron chi connectivity index (χ3n) is 3.38. The van der Waals surface area contributed by atoms with E-state index in [-0.39, 0.29) is 11.7 Å². The molecule has 0 saturated heterocycles. The second kappa shape index (κ2) is 3.70. The second-order valence-corrected chi connectivity index (χ2v) is 4.66. The molecule has 2 unspecified atom stereocenters. The molecule has 0 spiro atoms. The summed E-state index contributed by atoms with van der Waals surface area (Å²) in [5.74, 6) is 0.537. The van der Waals surface area contributed by atoms with E-state index in [0.29, 0.717) is 17.5 Å². The number of halogens is 2. The largest absolute Gasteiger partial charge is 0.244 e. The lowest BCUT2D eigenvalue weighted by atomic mass is 9.75. The summed E-state index contributed by atoms with van der Waals surface area (Å²) in [4.78, 5) is 4.05. The van der Waals surface area contributed by atoms with Gasteiger partial charge in [-0.1, -0.05) is 23.8 Å². The van der Waals surface area contributed by atoms with E-state index in [1.807, 2.05) is 12.1 Å². The summed E-state index contributed by atoms with van der Waals surface area (Å²) >= 11 is 6.03. The molecule has 3 heteroatoms. The van der Waals surface area contributed by atoms with E-state index in [4.69, 9.17) is 11.6 Å². The van der Waals surface area contributed by atoms with Crippen LogP contribution in [-0.2, 0) is 0 Å². The predicted octanol–water partition coefficient (Wildman–Crippen LogP) is 4.11. The van der Waals surface area contributed by atoms with Crippen LogP contribution in [0.25, 0.3) is 6.08 Å². The van der Waals surface area contributed by atoms with Gasteiger partial charge in [0.25, 0.3) is 0 Å². The molecule has 1 heterocycles. The zero-order valence-corrected chi connectivity index (χ0v) is 9.41. The Morgan fingerprint density at radius 1 is 1.44 bits per heavy atom. The van der Waals surface area contributed by atoms with E-state index in [9.17, 15) is 4.39 Å². The van der Waals surface area contributed by atoms with Crippen LogP contribution in [0.2, 0.25) is 5.15 Å². The van der Waals surface area contributed by atoms with Crippen molar-refractivity contribution < 1.29 is 4.39 Å². The Morgan fingerprint density at radius 2 is 2.31 bits per heavy atom. The van der Waals surface area contributed by atoms with Crippen molar-refractivity contribution in [1.29, 1.82) is 0 Å². The molecule has 0 aliphatic heterocycles. The van der Waals surface area contributed by atoms with Crippen LogP contribution >= 0.6 is 11.6 Å². The maximum atomic E-state index is 13.3. The monoisotopic (exact) mass is 235 g/mol. The second-order valence-electron chi connectivity index (χ2n) is 4.31. The van der Waals surface area contributed by atoms with Crippen LogP contribution in [0.5, 0.6) is 0 Å². The number of nitrogens with zero attached hydrogens (tertiary/aromatic N) is 1. The molecule has 2 aliphatic carbocycles. The SMILES string of the molecule is FC1=CC2c3ccnc(Cl)c3C=CC2CC1. The average molecular weight is 236 g/mol. The highest BCUT2D eigenvalue weighted by atomic mass is 35.5. The molecule has 0 saturated carbocycles. The zero-order valence-electron chi connectivity index (χ0n) is 8.66. The highest BCUT2D eigenvalue weighted by Crippen LogP contribution is 2.43. The van der Waals surface area contributed by atoms with Gasteiger partial charge in [-0.25, -0.2) is 9.37 Å². The van der Waals surface area contributed by atoms with Gasteiger partial charge in [-0.2, -0.15) is 0 Å². The van der Waals surface area contributed by atoms with Crippen molar-refractivity contribution in [1.82, 2.24) is 4.98 Å². The molecule has 1 nitrogen and oxygen atoms in total. The van der Waals surface area contributed by atoms with Gasteiger partial charge < -0.3 is 0 Å². The molecule has 0 bridgehead atoms. The summed E-state index contributed by atoms with van der Waals surface area (Å²) in [6, 6.07) is 1.94. The van der Waals surface area contributed by atoms with Crippen LogP contribution in [-0.4, -0.2) is 4.98 Å². The smallest absolute Gasteiger partial charge is 0.136 e. The van der Waals surface area contributed by atoms with Crippen molar-refractivity contribution in [2.24, 2.45) is 5.92 Å². The summed E-state index contributed by atoms with van der Waals surface area (Å²) in [5.41, 5.74) is 2.04. The number of aromatic nitrogens is 1. The third-order valence-corrected chi connectivity index (χ3v) is 3.68. The van der Waals surface area contributed by atoms with Crippen molar-refractivity contribution >= 4 is 17.7 Å². The van der Waals surface area contributed by atoms with E-state index in [0.717, 1.165) is 17.5 Å². The number of rotatable bonds is 0. The molecule has 1 aromatic rings. The molecule has 0 N–H and O–H groups in total. The minimum atomic E-state index is -0.00423. The first-order valence-electron chi connectivity index (χ1n) is 5.44. The van der Waals surface area contributed by atoms with Crippen LogP contribution in [0.3, 0.4) is 0 Å². The topological polar surface area (TPSA) is 12.9 Å². The molecule has 0 radical (unpaired) electrons. The molecule has 0 aromatic carbocycles. The van der Waals surface area contributed by atoms with E-state index < -0.39 is 0 Å². The van der Waals surface area contributed by atoms with Crippen LogP contribution < -0.4 is 0 Å². The Bertz CT molecular complexity index is 493. The number of hydrogen-bond donors (Lipinski definition) is 0. The molecule has 82 valence electrons. The van der Waals surface area contributed by atoms with Crippen molar-refractivity contribution in [2.75, 3.05) is 0 Å². The Labute approximate surface area is 98.6 Å². The molecular formula is C13H11ClFN. The minimum absolute atomic E-state index is 0.00423. The standard InChI is InChI=1S/C13H11ClFN/c14-13-11-4-2-8-1-3-9(15)7-12(8)10(11)5-6-16-13/h2,4-8,12H,1,3H2. The van der Waals surface area contributed by atoms with E-state index >= 15 is 0 Å². The van der Waals surface area contributed by atoms with Crippen LogP contribution in [0, 0.1) is 5.92 Å².